The molecule has 0 spiro atoms. The van der Waals surface area contributed by atoms with Gasteiger partial charge in [0.2, 0.25) is 5.91 Å². The Morgan fingerprint density at radius 3 is 2.59 bits per heavy atom. The van der Waals surface area contributed by atoms with E-state index in [1.165, 1.54) is 5.56 Å². The van der Waals surface area contributed by atoms with E-state index in [0.29, 0.717) is 13.0 Å². The molecule has 1 aromatic heterocycles. The number of amides is 1. The molecule has 3 N–H and O–H groups in total. The van der Waals surface area contributed by atoms with E-state index in [9.17, 15) is 14.7 Å². The van der Waals surface area contributed by atoms with Crippen LogP contribution in [0, 0.1) is 0 Å². The third-order valence-corrected chi connectivity index (χ3v) is 5.45. The lowest BCUT2D eigenvalue weighted by Gasteiger charge is -2.22. The Morgan fingerprint density at radius 2 is 1.89 bits per heavy atom. The number of benzene rings is 2. The number of primary amides is 1. The molecule has 5 nitrogen and oxygen atoms in total. The Labute approximate surface area is 157 Å². The second-order valence-corrected chi connectivity index (χ2v) is 7.16. The molecule has 1 aliphatic rings. The lowest BCUT2D eigenvalue weighted by molar-refractivity contribution is -0.136. The molecule has 138 valence electrons. The first-order chi connectivity index (χ1) is 13.1. The number of nitrogens with zero attached hydrogens (tertiary/aromatic N) is 1. The first-order valence-electron chi connectivity index (χ1n) is 9.24. The summed E-state index contributed by atoms with van der Waals surface area (Å²) < 4.78 is 2.24. The van der Waals surface area contributed by atoms with Crippen molar-refractivity contribution in [2.75, 3.05) is 0 Å². The van der Waals surface area contributed by atoms with Crippen molar-refractivity contribution in [1.82, 2.24) is 4.57 Å². The van der Waals surface area contributed by atoms with E-state index in [-0.39, 0.29) is 18.2 Å². The molecule has 0 radical (unpaired) electrons. The van der Waals surface area contributed by atoms with E-state index in [4.69, 9.17) is 5.73 Å². The number of carbonyl (C=O) groups is 2. The Kier molecular flexibility index (Phi) is 4.44. The summed E-state index contributed by atoms with van der Waals surface area (Å²) in [6, 6.07) is 15.9. The Bertz CT molecular complexity index is 1020. The highest BCUT2D eigenvalue weighted by Gasteiger charge is 2.32. The maximum atomic E-state index is 12.2. The highest BCUT2D eigenvalue weighted by Crippen LogP contribution is 2.41. The predicted molar refractivity (Wildman–Crippen MR) is 104 cm³/mol. The molecule has 1 unspecified atom stereocenters. The first-order valence-corrected chi connectivity index (χ1v) is 9.24. The molecule has 5 heteroatoms. The Hall–Kier alpha value is -3.08. The molecule has 2 aromatic carbocycles. The van der Waals surface area contributed by atoms with E-state index in [0.717, 1.165) is 40.6 Å². The average Bonchev–Trinajstić information content (AvgIpc) is 2.97. The van der Waals surface area contributed by atoms with Crippen molar-refractivity contribution >= 4 is 22.8 Å². The highest BCUT2D eigenvalue weighted by atomic mass is 16.4. The van der Waals surface area contributed by atoms with Crippen LogP contribution in [-0.2, 0) is 29.0 Å². The number of hydrogen-bond acceptors (Lipinski definition) is 2. The first kappa shape index (κ1) is 17.3. The maximum absolute atomic E-state index is 12.2. The molecule has 1 aliphatic carbocycles. The molecule has 3 aromatic rings. The van der Waals surface area contributed by atoms with Gasteiger partial charge >= 0.3 is 5.97 Å². The summed E-state index contributed by atoms with van der Waals surface area (Å²) in [4.78, 5) is 23.6. The normalized spacial score (nSPS) is 16.2. The minimum Gasteiger partial charge on any atom is -0.481 e. The maximum Gasteiger partial charge on any atom is 0.307 e. The van der Waals surface area contributed by atoms with Gasteiger partial charge in [-0.1, -0.05) is 42.5 Å². The van der Waals surface area contributed by atoms with Crippen LogP contribution in [0.25, 0.3) is 10.9 Å². The van der Waals surface area contributed by atoms with Crippen molar-refractivity contribution in [3.05, 3.63) is 70.9 Å². The van der Waals surface area contributed by atoms with Crippen molar-refractivity contribution in [2.24, 2.45) is 5.73 Å². The number of hydrogen-bond donors (Lipinski definition) is 2. The molecular weight excluding hydrogens is 340 g/mol. The molecule has 0 saturated heterocycles. The summed E-state index contributed by atoms with van der Waals surface area (Å²) in [5, 5.41) is 10.2. The molecule has 4 rings (SSSR count). The lowest BCUT2D eigenvalue weighted by atomic mass is 9.83. The standard InChI is InChI=1S/C22H22N2O3/c23-22(27)16-9-5-11-18-21(16)20-15(12-19(25)26)8-4-10-17(20)24(18)13-14-6-2-1-3-7-14/h1-4,6-8,10,16H,5,9,11-13H2,(H2,23,27)(H,25,26). The number of aromatic nitrogens is 1. The molecule has 1 atom stereocenters. The predicted octanol–water partition coefficient (Wildman–Crippen LogP) is 3.22. The summed E-state index contributed by atoms with van der Waals surface area (Å²) in [6.07, 6.45) is 2.42. The van der Waals surface area contributed by atoms with Crippen LogP contribution >= 0.6 is 0 Å². The largest absolute Gasteiger partial charge is 0.481 e. The van der Waals surface area contributed by atoms with Crippen LogP contribution in [0.2, 0.25) is 0 Å². The van der Waals surface area contributed by atoms with Gasteiger partial charge < -0.3 is 15.4 Å². The Balaban J connectivity index is 1.98. The number of carboxylic acid groups (broad SMARTS) is 1. The van der Waals surface area contributed by atoms with Gasteiger partial charge in [-0.15, -0.1) is 0 Å². The number of aliphatic carboxylic acids is 1. The number of fused-ring (bicyclic) bond motifs is 3. The third kappa shape index (κ3) is 3.10. The zero-order valence-electron chi connectivity index (χ0n) is 15.0. The molecule has 27 heavy (non-hydrogen) atoms. The third-order valence-electron chi connectivity index (χ3n) is 5.45. The molecule has 0 fully saturated rings. The second kappa shape index (κ2) is 6.91. The summed E-state index contributed by atoms with van der Waals surface area (Å²) in [6.45, 7) is 0.689. The van der Waals surface area contributed by atoms with E-state index < -0.39 is 5.97 Å². The van der Waals surface area contributed by atoms with E-state index in [1.54, 1.807) is 0 Å². The van der Waals surface area contributed by atoms with E-state index in [2.05, 4.69) is 16.7 Å². The van der Waals surface area contributed by atoms with Gasteiger partial charge in [0.25, 0.3) is 0 Å². The van der Waals surface area contributed by atoms with E-state index >= 15 is 0 Å². The van der Waals surface area contributed by atoms with Crippen molar-refractivity contribution < 1.29 is 14.7 Å². The number of carbonyl (C=O) groups excluding carboxylic acids is 1. The smallest absolute Gasteiger partial charge is 0.307 e. The van der Waals surface area contributed by atoms with Crippen LogP contribution in [0.3, 0.4) is 0 Å². The molecule has 0 saturated carbocycles. The molecule has 1 heterocycles. The fraction of sp³-hybridized carbons (Fsp3) is 0.273. The van der Waals surface area contributed by atoms with Crippen LogP contribution < -0.4 is 5.73 Å². The van der Waals surface area contributed by atoms with Gasteiger partial charge in [-0.2, -0.15) is 0 Å². The van der Waals surface area contributed by atoms with Gasteiger partial charge in [0.1, 0.15) is 0 Å². The van der Waals surface area contributed by atoms with Crippen LogP contribution in [0.4, 0.5) is 0 Å². The van der Waals surface area contributed by atoms with Crippen LogP contribution in [-0.4, -0.2) is 21.6 Å². The average molecular weight is 362 g/mol. The molecule has 0 bridgehead atoms. The number of nitrogens with two attached hydrogens (primary N) is 1. The van der Waals surface area contributed by atoms with Crippen molar-refractivity contribution in [3.63, 3.8) is 0 Å². The summed E-state index contributed by atoms with van der Waals surface area (Å²) in [5.41, 5.74) is 10.7. The van der Waals surface area contributed by atoms with Gasteiger partial charge in [0.15, 0.2) is 0 Å². The number of rotatable bonds is 5. The SMILES string of the molecule is NC(=O)C1CCCc2c1c1c(CC(=O)O)cccc1n2Cc1ccccc1. The minimum absolute atomic E-state index is 0.0649. The monoisotopic (exact) mass is 362 g/mol. The minimum atomic E-state index is -0.876. The summed E-state index contributed by atoms with van der Waals surface area (Å²) in [5.74, 6) is -1.57. The molecular formula is C22H22N2O3. The van der Waals surface area contributed by atoms with Crippen molar-refractivity contribution in [1.29, 1.82) is 0 Å². The zero-order chi connectivity index (χ0) is 19.0. The van der Waals surface area contributed by atoms with Crippen molar-refractivity contribution in [2.45, 2.75) is 38.1 Å². The molecule has 1 amide bonds. The lowest BCUT2D eigenvalue weighted by Crippen LogP contribution is -2.25. The van der Waals surface area contributed by atoms with Crippen molar-refractivity contribution in [3.8, 4) is 0 Å². The topological polar surface area (TPSA) is 85.3 Å². The van der Waals surface area contributed by atoms with E-state index in [1.807, 2.05) is 36.4 Å². The quantitative estimate of drug-likeness (QED) is 0.731. The van der Waals surface area contributed by atoms with Gasteiger partial charge in [-0.25, -0.2) is 0 Å². The van der Waals surface area contributed by atoms with Crippen LogP contribution in [0.1, 0.15) is 41.1 Å². The summed E-state index contributed by atoms with van der Waals surface area (Å²) in [7, 11) is 0. The van der Waals surface area contributed by atoms with Gasteiger partial charge in [-0.3, -0.25) is 9.59 Å². The second-order valence-electron chi connectivity index (χ2n) is 7.16. The van der Waals surface area contributed by atoms with Gasteiger partial charge in [0.05, 0.1) is 12.3 Å². The molecule has 0 aliphatic heterocycles. The van der Waals surface area contributed by atoms with Gasteiger partial charge in [-0.05, 0) is 42.0 Å². The summed E-state index contributed by atoms with van der Waals surface area (Å²) >= 11 is 0. The Morgan fingerprint density at radius 1 is 1.11 bits per heavy atom. The highest BCUT2D eigenvalue weighted by molar-refractivity contribution is 5.96. The zero-order valence-corrected chi connectivity index (χ0v) is 15.0. The fourth-order valence-electron chi connectivity index (χ4n) is 4.36. The van der Waals surface area contributed by atoms with Crippen LogP contribution in [0.15, 0.2) is 48.5 Å². The number of carboxylic acids is 1. The van der Waals surface area contributed by atoms with Crippen LogP contribution in [0.5, 0.6) is 0 Å². The van der Waals surface area contributed by atoms with Gasteiger partial charge in [0, 0.05) is 23.1 Å². The fourth-order valence-corrected chi connectivity index (χ4v) is 4.36.